The number of hydrogen-bond acceptors (Lipinski definition) is 4. The predicted octanol–water partition coefficient (Wildman–Crippen LogP) is 6.79. The molecule has 1 aromatic heterocycles. The zero-order valence-electron chi connectivity index (χ0n) is 24.6. The molecule has 0 unspecified atom stereocenters. The monoisotopic (exact) mass is 532 g/mol. The number of rotatable bonds is 12. The average Bonchev–Trinajstić information content (AvgIpc) is 3.34. The Morgan fingerprint density at radius 2 is 1.67 bits per heavy atom. The fourth-order valence-corrected chi connectivity index (χ4v) is 4.32. The number of carbonyl (C=O) groups is 2. The number of amides is 2. The van der Waals surface area contributed by atoms with Crippen molar-refractivity contribution in [1.82, 2.24) is 14.7 Å². The molecule has 0 spiro atoms. The van der Waals surface area contributed by atoms with Crippen LogP contribution < -0.4 is 10.1 Å². The van der Waals surface area contributed by atoms with Gasteiger partial charge in [0.15, 0.2) is 0 Å². The van der Waals surface area contributed by atoms with Crippen LogP contribution in [0.1, 0.15) is 88.8 Å². The number of nitrogens with one attached hydrogen (secondary N) is 1. The standard InChI is InChI=1S/C32H44N4O3/c1-8-9-10-11-12-24-13-15-25(16-14-24)31(38)35(23(2)3)22-30(37)33-29-21-28(32(4,5)6)34-36(29)26-17-19-27(39-7)20-18-26/h13-21,23H,8-12,22H2,1-7H3,(H,33,37). The second kappa shape index (κ2) is 13.5. The van der Waals surface area contributed by atoms with E-state index in [2.05, 4.69) is 33.0 Å². The first kappa shape index (κ1) is 29.9. The lowest BCUT2D eigenvalue weighted by molar-refractivity contribution is -0.117. The Morgan fingerprint density at radius 1 is 1.00 bits per heavy atom. The highest BCUT2D eigenvalue weighted by atomic mass is 16.5. The molecule has 0 aliphatic carbocycles. The van der Waals surface area contributed by atoms with Gasteiger partial charge >= 0.3 is 0 Å². The molecule has 2 amide bonds. The van der Waals surface area contributed by atoms with Crippen LogP contribution in [0.15, 0.2) is 54.6 Å². The van der Waals surface area contributed by atoms with E-state index in [0.29, 0.717) is 11.4 Å². The largest absolute Gasteiger partial charge is 0.497 e. The first-order valence-electron chi connectivity index (χ1n) is 14.0. The highest BCUT2D eigenvalue weighted by molar-refractivity contribution is 5.99. The second-order valence-electron chi connectivity index (χ2n) is 11.4. The van der Waals surface area contributed by atoms with Gasteiger partial charge in [-0.05, 0) is 68.7 Å². The van der Waals surface area contributed by atoms with Crippen LogP contribution in [0.5, 0.6) is 5.75 Å². The second-order valence-corrected chi connectivity index (χ2v) is 11.4. The quantitative estimate of drug-likeness (QED) is 0.261. The third kappa shape index (κ3) is 8.19. The molecule has 0 atom stereocenters. The summed E-state index contributed by atoms with van der Waals surface area (Å²) >= 11 is 0. The van der Waals surface area contributed by atoms with E-state index in [9.17, 15) is 9.59 Å². The number of aryl methyl sites for hydroxylation is 1. The third-order valence-corrected chi connectivity index (χ3v) is 6.78. The normalized spacial score (nSPS) is 11.5. The van der Waals surface area contributed by atoms with E-state index >= 15 is 0 Å². The molecule has 1 N–H and O–H groups in total. The molecule has 0 bridgehead atoms. The Hall–Kier alpha value is -3.61. The first-order valence-corrected chi connectivity index (χ1v) is 14.0. The molecule has 3 aromatic rings. The predicted molar refractivity (Wildman–Crippen MR) is 158 cm³/mol. The molecular weight excluding hydrogens is 488 g/mol. The van der Waals surface area contributed by atoms with Crippen molar-refractivity contribution < 1.29 is 14.3 Å². The molecule has 7 heteroatoms. The highest BCUT2D eigenvalue weighted by Crippen LogP contribution is 2.27. The van der Waals surface area contributed by atoms with E-state index < -0.39 is 0 Å². The van der Waals surface area contributed by atoms with Crippen molar-refractivity contribution in [1.29, 1.82) is 0 Å². The Bertz CT molecular complexity index is 1220. The lowest BCUT2D eigenvalue weighted by Crippen LogP contribution is -2.42. The summed E-state index contributed by atoms with van der Waals surface area (Å²) in [5.41, 5.74) is 3.26. The smallest absolute Gasteiger partial charge is 0.254 e. The van der Waals surface area contributed by atoms with E-state index in [0.717, 1.165) is 30.0 Å². The van der Waals surface area contributed by atoms with Gasteiger partial charge in [-0.15, -0.1) is 0 Å². The Kier molecular flexibility index (Phi) is 10.3. The number of anilines is 1. The zero-order valence-corrected chi connectivity index (χ0v) is 24.6. The maximum atomic E-state index is 13.4. The molecule has 0 saturated carbocycles. The summed E-state index contributed by atoms with van der Waals surface area (Å²) < 4.78 is 7.00. The lowest BCUT2D eigenvalue weighted by atomic mass is 9.92. The van der Waals surface area contributed by atoms with E-state index in [1.807, 2.05) is 68.4 Å². The molecule has 0 saturated heterocycles. The third-order valence-electron chi connectivity index (χ3n) is 6.78. The first-order chi connectivity index (χ1) is 18.5. The summed E-state index contributed by atoms with van der Waals surface area (Å²) in [6, 6.07) is 17.0. The van der Waals surface area contributed by atoms with Crippen molar-refractivity contribution in [3.05, 3.63) is 71.4 Å². The van der Waals surface area contributed by atoms with Crippen LogP contribution in [-0.2, 0) is 16.6 Å². The molecule has 3 rings (SSSR count). The molecule has 0 aliphatic rings. The summed E-state index contributed by atoms with van der Waals surface area (Å²) in [6.45, 7) is 12.2. The van der Waals surface area contributed by atoms with E-state index in [1.54, 1.807) is 16.7 Å². The van der Waals surface area contributed by atoms with Gasteiger partial charge in [0.1, 0.15) is 18.1 Å². The number of nitrogens with zero attached hydrogens (tertiary/aromatic N) is 3. The van der Waals surface area contributed by atoms with E-state index in [-0.39, 0.29) is 29.8 Å². The van der Waals surface area contributed by atoms with Gasteiger partial charge in [0.2, 0.25) is 5.91 Å². The summed E-state index contributed by atoms with van der Waals surface area (Å²) in [4.78, 5) is 28.3. The van der Waals surface area contributed by atoms with Gasteiger partial charge in [0, 0.05) is 23.1 Å². The molecule has 7 nitrogen and oxygen atoms in total. The van der Waals surface area contributed by atoms with E-state index in [4.69, 9.17) is 9.84 Å². The number of aromatic nitrogens is 2. The highest BCUT2D eigenvalue weighted by Gasteiger charge is 2.25. The van der Waals surface area contributed by atoms with Crippen LogP contribution >= 0.6 is 0 Å². The van der Waals surface area contributed by atoms with Gasteiger partial charge in [0.05, 0.1) is 18.5 Å². The fourth-order valence-electron chi connectivity index (χ4n) is 4.32. The minimum Gasteiger partial charge on any atom is -0.497 e. The molecule has 210 valence electrons. The van der Waals surface area contributed by atoms with Crippen LogP contribution in [0, 0.1) is 0 Å². The van der Waals surface area contributed by atoms with Crippen molar-refractivity contribution >= 4 is 17.6 Å². The molecule has 1 heterocycles. The summed E-state index contributed by atoms with van der Waals surface area (Å²) in [5.74, 6) is 0.860. The molecule has 39 heavy (non-hydrogen) atoms. The van der Waals surface area contributed by atoms with Crippen molar-refractivity contribution in [3.63, 3.8) is 0 Å². The summed E-state index contributed by atoms with van der Waals surface area (Å²) in [6.07, 6.45) is 5.86. The van der Waals surface area contributed by atoms with Crippen LogP contribution in [0.25, 0.3) is 5.69 Å². The fraction of sp³-hybridized carbons (Fsp3) is 0.469. The van der Waals surface area contributed by atoms with Crippen molar-refractivity contribution in [3.8, 4) is 11.4 Å². The number of methoxy groups -OCH3 is 1. The zero-order chi connectivity index (χ0) is 28.6. The van der Waals surface area contributed by atoms with Gasteiger partial charge < -0.3 is 15.0 Å². The van der Waals surface area contributed by atoms with Crippen LogP contribution in [-0.4, -0.2) is 46.2 Å². The van der Waals surface area contributed by atoms with Crippen LogP contribution in [0.4, 0.5) is 5.82 Å². The summed E-state index contributed by atoms with van der Waals surface area (Å²) in [5, 5.41) is 7.78. The molecule has 0 fully saturated rings. The van der Waals surface area contributed by atoms with Gasteiger partial charge in [-0.2, -0.15) is 5.10 Å². The van der Waals surface area contributed by atoms with Gasteiger partial charge in [0.25, 0.3) is 5.91 Å². The number of ether oxygens (including phenoxy) is 1. The minimum absolute atomic E-state index is 0.0616. The van der Waals surface area contributed by atoms with Crippen LogP contribution in [0.2, 0.25) is 0 Å². The average molecular weight is 533 g/mol. The van der Waals surface area contributed by atoms with Crippen molar-refractivity contribution in [2.45, 2.75) is 85.1 Å². The minimum atomic E-state index is -0.278. The topological polar surface area (TPSA) is 76.5 Å². The Labute approximate surface area is 233 Å². The molecule has 0 aliphatic heterocycles. The summed E-state index contributed by atoms with van der Waals surface area (Å²) in [7, 11) is 1.62. The molecule has 0 radical (unpaired) electrons. The number of carbonyl (C=O) groups excluding carboxylic acids is 2. The van der Waals surface area contributed by atoms with Crippen molar-refractivity contribution in [2.75, 3.05) is 19.0 Å². The lowest BCUT2D eigenvalue weighted by Gasteiger charge is -2.26. The van der Waals surface area contributed by atoms with Gasteiger partial charge in [-0.25, -0.2) is 4.68 Å². The van der Waals surface area contributed by atoms with Gasteiger partial charge in [-0.3, -0.25) is 9.59 Å². The van der Waals surface area contributed by atoms with Gasteiger partial charge in [-0.1, -0.05) is 59.1 Å². The van der Waals surface area contributed by atoms with E-state index in [1.165, 1.54) is 24.8 Å². The molecular formula is C32H44N4O3. The Balaban J connectivity index is 1.75. The number of unbranched alkanes of at least 4 members (excludes halogenated alkanes) is 3. The number of hydrogen-bond donors (Lipinski definition) is 1. The molecule has 2 aromatic carbocycles. The van der Waals surface area contributed by atoms with Crippen molar-refractivity contribution in [2.24, 2.45) is 0 Å². The maximum absolute atomic E-state index is 13.4. The maximum Gasteiger partial charge on any atom is 0.254 e. The Morgan fingerprint density at radius 3 is 2.23 bits per heavy atom. The SMILES string of the molecule is CCCCCCc1ccc(C(=O)N(CC(=O)Nc2cc(C(C)(C)C)nn2-c2ccc(OC)cc2)C(C)C)cc1. The number of benzene rings is 2. The van der Waals surface area contributed by atoms with Crippen LogP contribution in [0.3, 0.4) is 0 Å².